The molecule has 1 rings (SSSR count). The highest BCUT2D eigenvalue weighted by atomic mass is 19.4. The molecule has 0 aromatic heterocycles. The SMILES string of the molecule is N#CC(C(N)=O)=C(O)Cc1ccc(C(F)(F)F)cc1. The van der Waals surface area contributed by atoms with Crippen molar-refractivity contribution < 1.29 is 23.1 Å². The first-order valence-corrected chi connectivity index (χ1v) is 5.04. The summed E-state index contributed by atoms with van der Waals surface area (Å²) in [5.41, 5.74) is 3.74. The third-order valence-electron chi connectivity index (χ3n) is 2.30. The molecule has 3 N–H and O–H groups in total. The van der Waals surface area contributed by atoms with Crippen molar-refractivity contribution in [3.05, 3.63) is 46.7 Å². The largest absolute Gasteiger partial charge is 0.510 e. The van der Waals surface area contributed by atoms with Gasteiger partial charge < -0.3 is 10.8 Å². The molecule has 0 fully saturated rings. The van der Waals surface area contributed by atoms with E-state index in [1.807, 2.05) is 0 Å². The van der Waals surface area contributed by atoms with Gasteiger partial charge in [0.05, 0.1) is 5.56 Å². The van der Waals surface area contributed by atoms with Crippen molar-refractivity contribution in [1.29, 1.82) is 5.26 Å². The van der Waals surface area contributed by atoms with Crippen molar-refractivity contribution in [3.8, 4) is 6.07 Å². The fraction of sp³-hybridized carbons (Fsp3) is 0.167. The second-order valence-corrected chi connectivity index (χ2v) is 3.67. The number of primary amides is 1. The van der Waals surface area contributed by atoms with Gasteiger partial charge in [-0.05, 0) is 17.7 Å². The van der Waals surface area contributed by atoms with Gasteiger partial charge in [0.1, 0.15) is 11.8 Å². The van der Waals surface area contributed by atoms with Crippen LogP contribution in [-0.4, -0.2) is 11.0 Å². The summed E-state index contributed by atoms with van der Waals surface area (Å²) in [4.78, 5) is 10.8. The number of allylic oxidation sites excluding steroid dienone is 1. The van der Waals surface area contributed by atoms with Gasteiger partial charge in [-0.3, -0.25) is 4.79 Å². The van der Waals surface area contributed by atoms with Crippen LogP contribution < -0.4 is 5.73 Å². The minimum atomic E-state index is -4.44. The molecule has 0 aliphatic heterocycles. The minimum absolute atomic E-state index is 0.246. The number of nitrogens with zero attached hydrogens (tertiary/aromatic N) is 1. The molecular weight excluding hydrogens is 261 g/mol. The summed E-state index contributed by atoms with van der Waals surface area (Å²) in [5.74, 6) is -1.67. The first kappa shape index (κ1) is 14.6. The van der Waals surface area contributed by atoms with E-state index in [-0.39, 0.29) is 6.42 Å². The molecule has 4 nitrogen and oxygen atoms in total. The summed E-state index contributed by atoms with van der Waals surface area (Å²) in [7, 11) is 0. The number of amides is 1. The van der Waals surface area contributed by atoms with Gasteiger partial charge in [-0.15, -0.1) is 0 Å². The number of benzene rings is 1. The highest BCUT2D eigenvalue weighted by Gasteiger charge is 2.29. The molecule has 1 amide bonds. The molecule has 0 bridgehead atoms. The number of carbonyl (C=O) groups excluding carboxylic acids is 1. The fourth-order valence-electron chi connectivity index (χ4n) is 1.36. The molecule has 19 heavy (non-hydrogen) atoms. The van der Waals surface area contributed by atoms with E-state index in [4.69, 9.17) is 11.0 Å². The van der Waals surface area contributed by atoms with Gasteiger partial charge in [0.2, 0.25) is 0 Å². The number of aliphatic hydroxyl groups excluding tert-OH is 1. The molecule has 7 heteroatoms. The van der Waals surface area contributed by atoms with Crippen LogP contribution in [0.4, 0.5) is 13.2 Å². The van der Waals surface area contributed by atoms with Crippen molar-refractivity contribution in [2.75, 3.05) is 0 Å². The molecule has 0 heterocycles. The van der Waals surface area contributed by atoms with Crippen molar-refractivity contribution in [2.45, 2.75) is 12.6 Å². The summed E-state index contributed by atoms with van der Waals surface area (Å²) < 4.78 is 36.9. The van der Waals surface area contributed by atoms with E-state index in [1.165, 1.54) is 6.07 Å². The van der Waals surface area contributed by atoms with E-state index >= 15 is 0 Å². The van der Waals surface area contributed by atoms with E-state index in [9.17, 15) is 23.1 Å². The summed E-state index contributed by atoms with van der Waals surface area (Å²) in [6.45, 7) is 0. The smallest absolute Gasteiger partial charge is 0.416 e. The molecule has 100 valence electrons. The van der Waals surface area contributed by atoms with Crippen LogP contribution in [0.2, 0.25) is 0 Å². The molecular formula is C12H9F3N2O2. The molecule has 0 aliphatic carbocycles. The summed E-state index contributed by atoms with van der Waals surface area (Å²) in [6, 6.07) is 5.42. The van der Waals surface area contributed by atoms with Gasteiger partial charge in [-0.25, -0.2) is 0 Å². The van der Waals surface area contributed by atoms with Gasteiger partial charge in [-0.1, -0.05) is 12.1 Å². The second kappa shape index (κ2) is 5.44. The quantitative estimate of drug-likeness (QED) is 0.500. The van der Waals surface area contributed by atoms with Crippen molar-refractivity contribution in [1.82, 2.24) is 0 Å². The van der Waals surface area contributed by atoms with E-state index in [0.29, 0.717) is 5.56 Å². The predicted octanol–water partition coefficient (Wildman–Crippen LogP) is 2.07. The number of hydrogen-bond donors (Lipinski definition) is 2. The maximum absolute atomic E-state index is 12.3. The van der Waals surface area contributed by atoms with Crippen LogP contribution in [0.3, 0.4) is 0 Å². The molecule has 0 saturated heterocycles. The summed E-state index contributed by atoms with van der Waals surface area (Å²) >= 11 is 0. The Morgan fingerprint density at radius 2 is 1.84 bits per heavy atom. The number of aliphatic hydroxyl groups is 1. The number of alkyl halides is 3. The number of hydrogen-bond acceptors (Lipinski definition) is 3. The van der Waals surface area contributed by atoms with E-state index in [2.05, 4.69) is 0 Å². The first-order valence-electron chi connectivity index (χ1n) is 5.04. The zero-order chi connectivity index (χ0) is 14.6. The number of nitriles is 1. The lowest BCUT2D eigenvalue weighted by atomic mass is 10.1. The lowest BCUT2D eigenvalue weighted by Crippen LogP contribution is -2.15. The van der Waals surface area contributed by atoms with Gasteiger partial charge >= 0.3 is 6.18 Å². The lowest BCUT2D eigenvalue weighted by Gasteiger charge is -2.07. The molecule has 0 radical (unpaired) electrons. The normalized spacial score (nSPS) is 12.5. The number of nitrogens with two attached hydrogens (primary N) is 1. The van der Waals surface area contributed by atoms with Crippen LogP contribution in [0.5, 0.6) is 0 Å². The Morgan fingerprint density at radius 3 is 2.21 bits per heavy atom. The van der Waals surface area contributed by atoms with Crippen LogP contribution >= 0.6 is 0 Å². The third kappa shape index (κ3) is 3.74. The van der Waals surface area contributed by atoms with Crippen LogP contribution in [0.1, 0.15) is 11.1 Å². The molecule has 0 unspecified atom stereocenters. The number of halogens is 3. The van der Waals surface area contributed by atoms with Crippen LogP contribution in [0.15, 0.2) is 35.6 Å². The Bertz CT molecular complexity index is 554. The maximum Gasteiger partial charge on any atom is 0.416 e. The van der Waals surface area contributed by atoms with Crippen LogP contribution in [-0.2, 0) is 17.4 Å². The predicted molar refractivity (Wildman–Crippen MR) is 59.6 cm³/mol. The van der Waals surface area contributed by atoms with E-state index < -0.39 is 29.0 Å². The summed E-state index contributed by atoms with van der Waals surface area (Å²) in [5, 5.41) is 18.1. The molecule has 1 aromatic rings. The van der Waals surface area contributed by atoms with Gasteiger partial charge in [0.15, 0.2) is 5.57 Å². The van der Waals surface area contributed by atoms with Gasteiger partial charge in [-0.2, -0.15) is 18.4 Å². The van der Waals surface area contributed by atoms with E-state index in [1.54, 1.807) is 0 Å². The molecule has 0 spiro atoms. The number of carbonyl (C=O) groups is 1. The highest BCUT2D eigenvalue weighted by Crippen LogP contribution is 2.29. The average Bonchev–Trinajstić information content (AvgIpc) is 2.28. The number of rotatable bonds is 3. The maximum atomic E-state index is 12.3. The Hall–Kier alpha value is -2.49. The zero-order valence-electron chi connectivity index (χ0n) is 9.53. The first-order chi connectivity index (χ1) is 8.75. The van der Waals surface area contributed by atoms with Crippen molar-refractivity contribution in [3.63, 3.8) is 0 Å². The van der Waals surface area contributed by atoms with Crippen molar-refractivity contribution in [2.24, 2.45) is 5.73 Å². The standard InChI is InChI=1S/C12H9F3N2O2/c13-12(14,15)8-3-1-7(2-4-8)5-10(18)9(6-16)11(17)19/h1-4,18H,5H2,(H2,17,19). The highest BCUT2D eigenvalue weighted by molar-refractivity contribution is 5.96. The lowest BCUT2D eigenvalue weighted by molar-refractivity contribution is -0.137. The van der Waals surface area contributed by atoms with Crippen LogP contribution in [0.25, 0.3) is 0 Å². The zero-order valence-corrected chi connectivity index (χ0v) is 9.53. The minimum Gasteiger partial charge on any atom is -0.510 e. The van der Waals surface area contributed by atoms with Crippen molar-refractivity contribution >= 4 is 5.91 Å². The molecule has 1 aromatic carbocycles. The monoisotopic (exact) mass is 270 g/mol. The second-order valence-electron chi connectivity index (χ2n) is 3.67. The topological polar surface area (TPSA) is 87.1 Å². The van der Waals surface area contributed by atoms with Gasteiger partial charge in [0.25, 0.3) is 5.91 Å². The third-order valence-corrected chi connectivity index (χ3v) is 2.30. The Labute approximate surface area is 106 Å². The van der Waals surface area contributed by atoms with Gasteiger partial charge in [0, 0.05) is 6.42 Å². The average molecular weight is 270 g/mol. The molecule has 0 aliphatic rings. The van der Waals surface area contributed by atoms with E-state index in [0.717, 1.165) is 24.3 Å². The van der Waals surface area contributed by atoms with Crippen LogP contribution in [0, 0.1) is 11.3 Å². The Balaban J connectivity index is 2.97. The molecule has 0 saturated carbocycles. The molecule has 0 atom stereocenters. The Morgan fingerprint density at radius 1 is 1.32 bits per heavy atom. The fourth-order valence-corrected chi connectivity index (χ4v) is 1.36. The summed E-state index contributed by atoms with van der Waals surface area (Å²) in [6.07, 6.45) is -4.69. The Kier molecular flexibility index (Phi) is 4.17.